The van der Waals surface area contributed by atoms with Crippen LogP contribution in [0.3, 0.4) is 0 Å². The van der Waals surface area contributed by atoms with Crippen molar-refractivity contribution in [1.82, 2.24) is 10.3 Å². The normalized spacial score (nSPS) is 18.6. The fraction of sp³-hybridized carbons (Fsp3) is 0.750. The number of nitrogens with zero attached hydrogens (tertiary/aromatic N) is 1. The molecule has 0 aromatic carbocycles. The quantitative estimate of drug-likeness (QED) is 0.852. The third-order valence-electron chi connectivity index (χ3n) is 3.07. The molecule has 0 atom stereocenters. The molecule has 0 bridgehead atoms. The highest BCUT2D eigenvalue weighted by molar-refractivity contribution is 7.09. The Bertz CT molecular complexity index is 324. The van der Waals surface area contributed by atoms with Gasteiger partial charge >= 0.3 is 0 Å². The van der Waals surface area contributed by atoms with Gasteiger partial charge < -0.3 is 5.32 Å². The molecule has 84 valence electrons. The van der Waals surface area contributed by atoms with Gasteiger partial charge in [-0.15, -0.1) is 11.3 Å². The molecule has 0 spiro atoms. The molecule has 2 nitrogen and oxygen atoms in total. The van der Waals surface area contributed by atoms with E-state index in [9.17, 15) is 0 Å². The number of rotatable bonds is 3. The Kier molecular flexibility index (Phi) is 3.12. The summed E-state index contributed by atoms with van der Waals surface area (Å²) in [5, 5.41) is 7.08. The third-order valence-corrected chi connectivity index (χ3v) is 4.36. The zero-order valence-corrected chi connectivity index (χ0v) is 10.7. The molecule has 0 unspecified atom stereocenters. The van der Waals surface area contributed by atoms with E-state index >= 15 is 0 Å². The van der Waals surface area contributed by atoms with Crippen molar-refractivity contribution in [2.45, 2.75) is 58.0 Å². The molecular formula is C12H20N2S. The first-order valence-electron chi connectivity index (χ1n) is 5.78. The van der Waals surface area contributed by atoms with Crippen molar-refractivity contribution < 1.29 is 0 Å². The zero-order valence-electron chi connectivity index (χ0n) is 9.84. The maximum absolute atomic E-state index is 4.58. The van der Waals surface area contributed by atoms with E-state index in [1.807, 2.05) is 0 Å². The number of aromatic nitrogens is 1. The lowest BCUT2D eigenvalue weighted by Gasteiger charge is -2.28. The summed E-state index contributed by atoms with van der Waals surface area (Å²) in [6.45, 7) is 6.54. The monoisotopic (exact) mass is 224 g/mol. The van der Waals surface area contributed by atoms with Gasteiger partial charge in [-0.2, -0.15) is 0 Å². The summed E-state index contributed by atoms with van der Waals surface area (Å²) >= 11 is 1.77. The number of nitrogens with one attached hydrogen (secondary N) is 1. The van der Waals surface area contributed by atoms with E-state index in [-0.39, 0.29) is 5.54 Å². The van der Waals surface area contributed by atoms with Crippen LogP contribution in [0.15, 0.2) is 5.38 Å². The van der Waals surface area contributed by atoms with Crippen molar-refractivity contribution in [3.8, 4) is 0 Å². The summed E-state index contributed by atoms with van der Waals surface area (Å²) in [5.74, 6) is 0. The minimum atomic E-state index is 0.0356. The Labute approximate surface area is 96.1 Å². The maximum Gasteiger partial charge on any atom is 0.112 e. The first kappa shape index (κ1) is 11.1. The summed E-state index contributed by atoms with van der Waals surface area (Å²) in [6.07, 6.45) is 5.41. The SMILES string of the molecule is Cc1csc(C(C)(C)NC2CCCC2)n1. The second-order valence-electron chi connectivity index (χ2n) is 5.04. The molecule has 0 radical (unpaired) electrons. The fourth-order valence-electron chi connectivity index (χ4n) is 2.28. The van der Waals surface area contributed by atoms with Gasteiger partial charge in [-0.25, -0.2) is 4.98 Å². The van der Waals surface area contributed by atoms with Crippen LogP contribution >= 0.6 is 11.3 Å². The lowest BCUT2D eigenvalue weighted by atomic mass is 10.0. The Morgan fingerprint density at radius 2 is 2.07 bits per heavy atom. The van der Waals surface area contributed by atoms with Gasteiger partial charge in [0.25, 0.3) is 0 Å². The third kappa shape index (κ3) is 2.58. The topological polar surface area (TPSA) is 24.9 Å². The molecule has 1 aliphatic rings. The van der Waals surface area contributed by atoms with Gasteiger partial charge in [0.15, 0.2) is 0 Å². The van der Waals surface area contributed by atoms with Gasteiger partial charge in [-0.05, 0) is 33.6 Å². The summed E-state index contributed by atoms with van der Waals surface area (Å²) in [7, 11) is 0. The first-order valence-corrected chi connectivity index (χ1v) is 6.66. The molecule has 1 heterocycles. The summed E-state index contributed by atoms with van der Waals surface area (Å²) in [5.41, 5.74) is 1.17. The summed E-state index contributed by atoms with van der Waals surface area (Å²) in [4.78, 5) is 4.58. The van der Waals surface area contributed by atoms with E-state index in [0.717, 1.165) is 5.69 Å². The lowest BCUT2D eigenvalue weighted by Crippen LogP contribution is -2.42. The molecule has 2 rings (SSSR count). The molecule has 0 aliphatic heterocycles. The van der Waals surface area contributed by atoms with Gasteiger partial charge in [0.1, 0.15) is 5.01 Å². The van der Waals surface area contributed by atoms with Crippen molar-refractivity contribution >= 4 is 11.3 Å². The second kappa shape index (κ2) is 4.22. The Morgan fingerprint density at radius 3 is 2.60 bits per heavy atom. The highest BCUT2D eigenvalue weighted by atomic mass is 32.1. The zero-order chi connectivity index (χ0) is 10.9. The second-order valence-corrected chi connectivity index (χ2v) is 5.90. The number of thiazole rings is 1. The van der Waals surface area contributed by atoms with Crippen molar-refractivity contribution in [2.75, 3.05) is 0 Å². The fourth-order valence-corrected chi connectivity index (χ4v) is 3.17. The molecule has 1 saturated carbocycles. The molecule has 0 amide bonds. The van der Waals surface area contributed by atoms with Gasteiger partial charge in [0.2, 0.25) is 0 Å². The van der Waals surface area contributed by atoms with Gasteiger partial charge in [0.05, 0.1) is 5.54 Å². The Morgan fingerprint density at radius 1 is 1.40 bits per heavy atom. The van der Waals surface area contributed by atoms with E-state index in [1.54, 1.807) is 11.3 Å². The standard InChI is InChI=1S/C12H20N2S/c1-9-8-15-11(13-9)12(2,3)14-10-6-4-5-7-10/h8,10,14H,4-7H2,1-3H3. The number of hydrogen-bond donors (Lipinski definition) is 1. The Balaban J connectivity index is 2.05. The number of hydrogen-bond acceptors (Lipinski definition) is 3. The molecule has 0 saturated heterocycles. The molecule has 1 N–H and O–H groups in total. The van der Waals surface area contributed by atoms with Crippen LogP contribution in [0.1, 0.15) is 50.2 Å². The first-order chi connectivity index (χ1) is 7.08. The summed E-state index contributed by atoms with van der Waals surface area (Å²) < 4.78 is 0. The van der Waals surface area contributed by atoms with E-state index < -0.39 is 0 Å². The molecule has 1 aromatic rings. The predicted octanol–water partition coefficient (Wildman–Crippen LogP) is 3.22. The largest absolute Gasteiger partial charge is 0.303 e. The van der Waals surface area contributed by atoms with Crippen molar-refractivity contribution in [2.24, 2.45) is 0 Å². The number of aryl methyl sites for hydroxylation is 1. The van der Waals surface area contributed by atoms with Crippen LogP contribution < -0.4 is 5.32 Å². The van der Waals surface area contributed by atoms with Gasteiger partial charge in [0, 0.05) is 17.1 Å². The van der Waals surface area contributed by atoms with Crippen molar-refractivity contribution in [1.29, 1.82) is 0 Å². The van der Waals surface area contributed by atoms with Crippen LogP contribution in [-0.4, -0.2) is 11.0 Å². The van der Waals surface area contributed by atoms with Crippen molar-refractivity contribution in [3.63, 3.8) is 0 Å². The molecule has 1 aromatic heterocycles. The minimum Gasteiger partial charge on any atom is -0.303 e. The highest BCUT2D eigenvalue weighted by Crippen LogP contribution is 2.27. The molecule has 15 heavy (non-hydrogen) atoms. The smallest absolute Gasteiger partial charge is 0.112 e. The van der Waals surface area contributed by atoms with E-state index in [2.05, 4.69) is 36.5 Å². The van der Waals surface area contributed by atoms with Crippen LogP contribution in [-0.2, 0) is 5.54 Å². The average Bonchev–Trinajstić information content (AvgIpc) is 2.75. The minimum absolute atomic E-state index is 0.0356. The van der Waals surface area contributed by atoms with Crippen LogP contribution in [0.2, 0.25) is 0 Å². The van der Waals surface area contributed by atoms with E-state index in [0.29, 0.717) is 6.04 Å². The average molecular weight is 224 g/mol. The lowest BCUT2D eigenvalue weighted by molar-refractivity contribution is 0.341. The van der Waals surface area contributed by atoms with Crippen LogP contribution in [0, 0.1) is 6.92 Å². The van der Waals surface area contributed by atoms with Crippen LogP contribution in [0.25, 0.3) is 0 Å². The van der Waals surface area contributed by atoms with E-state index in [1.165, 1.54) is 30.7 Å². The van der Waals surface area contributed by atoms with Crippen LogP contribution in [0.5, 0.6) is 0 Å². The predicted molar refractivity (Wildman–Crippen MR) is 65.3 cm³/mol. The summed E-state index contributed by atoms with van der Waals surface area (Å²) in [6, 6.07) is 0.698. The highest BCUT2D eigenvalue weighted by Gasteiger charge is 2.28. The maximum atomic E-state index is 4.58. The molecular weight excluding hydrogens is 204 g/mol. The van der Waals surface area contributed by atoms with E-state index in [4.69, 9.17) is 0 Å². The molecule has 1 fully saturated rings. The molecule has 3 heteroatoms. The Hall–Kier alpha value is -0.410. The van der Waals surface area contributed by atoms with Crippen LogP contribution in [0.4, 0.5) is 0 Å². The molecule has 1 aliphatic carbocycles. The van der Waals surface area contributed by atoms with Gasteiger partial charge in [-0.1, -0.05) is 12.8 Å². The van der Waals surface area contributed by atoms with Gasteiger partial charge in [-0.3, -0.25) is 0 Å². The van der Waals surface area contributed by atoms with Crippen molar-refractivity contribution in [3.05, 3.63) is 16.1 Å².